The fourth-order valence-corrected chi connectivity index (χ4v) is 4.93. The zero-order valence-electron chi connectivity index (χ0n) is 18.5. The average molecular weight is 485 g/mol. The number of hydrogen-bond donors (Lipinski definition) is 2. The van der Waals surface area contributed by atoms with Gasteiger partial charge in [0.25, 0.3) is 0 Å². The number of nitrogens with one attached hydrogen (secondary N) is 1. The zero-order chi connectivity index (χ0) is 24.2. The van der Waals surface area contributed by atoms with Crippen molar-refractivity contribution in [3.63, 3.8) is 0 Å². The lowest BCUT2D eigenvalue weighted by Crippen LogP contribution is -2.51. The SMILES string of the molecule is CC(=O)S[C@@H](Cc1ccc2c(c1)OCO2)C(=O)N[C@H]1CCc2ccccc2N(CC(=O)O)C1=O. The Morgan fingerprint density at radius 3 is 2.71 bits per heavy atom. The van der Waals surface area contributed by atoms with Crippen LogP contribution in [0.3, 0.4) is 0 Å². The smallest absolute Gasteiger partial charge is 0.323 e. The van der Waals surface area contributed by atoms with Gasteiger partial charge in [-0.2, -0.15) is 0 Å². The average Bonchev–Trinajstić information content (AvgIpc) is 3.22. The predicted molar refractivity (Wildman–Crippen MR) is 125 cm³/mol. The minimum absolute atomic E-state index is 0.129. The van der Waals surface area contributed by atoms with E-state index in [4.69, 9.17) is 9.47 Å². The molecule has 2 aliphatic rings. The molecule has 2 heterocycles. The molecule has 0 radical (unpaired) electrons. The molecule has 0 aliphatic carbocycles. The monoisotopic (exact) mass is 484 g/mol. The number of carbonyl (C=O) groups is 4. The van der Waals surface area contributed by atoms with Crippen LogP contribution in [-0.4, -0.2) is 52.6 Å². The van der Waals surface area contributed by atoms with Crippen LogP contribution in [0.5, 0.6) is 11.5 Å². The molecule has 0 aromatic heterocycles. The van der Waals surface area contributed by atoms with Gasteiger partial charge in [-0.05, 0) is 48.6 Å². The molecule has 0 fully saturated rings. The molecule has 10 heteroatoms. The van der Waals surface area contributed by atoms with Crippen molar-refractivity contribution in [1.29, 1.82) is 0 Å². The number of para-hydroxylation sites is 1. The van der Waals surface area contributed by atoms with Gasteiger partial charge in [-0.1, -0.05) is 36.0 Å². The number of thioether (sulfide) groups is 1. The van der Waals surface area contributed by atoms with Crippen molar-refractivity contribution in [3.8, 4) is 11.5 Å². The molecule has 2 aliphatic heterocycles. The quantitative estimate of drug-likeness (QED) is 0.613. The lowest BCUT2D eigenvalue weighted by atomic mass is 10.0. The van der Waals surface area contributed by atoms with E-state index in [0.717, 1.165) is 22.9 Å². The minimum Gasteiger partial charge on any atom is -0.480 e. The van der Waals surface area contributed by atoms with Gasteiger partial charge in [0.15, 0.2) is 16.6 Å². The van der Waals surface area contributed by atoms with Gasteiger partial charge in [0.05, 0.1) is 5.25 Å². The molecule has 34 heavy (non-hydrogen) atoms. The van der Waals surface area contributed by atoms with E-state index in [2.05, 4.69) is 5.32 Å². The number of hydrogen-bond acceptors (Lipinski definition) is 7. The number of rotatable bonds is 7. The van der Waals surface area contributed by atoms with Crippen molar-refractivity contribution in [3.05, 3.63) is 53.6 Å². The third kappa shape index (κ3) is 5.33. The first-order valence-corrected chi connectivity index (χ1v) is 11.7. The lowest BCUT2D eigenvalue weighted by Gasteiger charge is -2.26. The van der Waals surface area contributed by atoms with Crippen LogP contribution >= 0.6 is 11.8 Å². The van der Waals surface area contributed by atoms with Crippen LogP contribution in [0.1, 0.15) is 24.5 Å². The summed E-state index contributed by atoms with van der Waals surface area (Å²) in [5.74, 6) is -0.910. The fraction of sp³-hybridized carbons (Fsp3) is 0.333. The standard InChI is InChI=1S/C24H24N2O7S/c1-14(27)34-21(11-15-6-9-19-20(10-15)33-13-32-19)23(30)25-17-8-7-16-4-2-3-5-18(16)26(24(17)31)12-22(28)29/h2-6,9-10,17,21H,7-8,11-13H2,1H3,(H,25,30)(H,28,29)/t17-,21-/m0/s1. The molecule has 2 aromatic carbocycles. The predicted octanol–water partition coefficient (Wildman–Crippen LogP) is 2.15. The maximum atomic E-state index is 13.3. The van der Waals surface area contributed by atoms with E-state index in [0.29, 0.717) is 30.0 Å². The van der Waals surface area contributed by atoms with E-state index in [1.807, 2.05) is 12.1 Å². The number of carboxylic acids is 1. The Balaban J connectivity index is 1.52. The molecule has 2 atom stereocenters. The van der Waals surface area contributed by atoms with Crippen LogP contribution < -0.4 is 19.7 Å². The highest BCUT2D eigenvalue weighted by Gasteiger charge is 2.34. The highest BCUT2D eigenvalue weighted by Crippen LogP contribution is 2.34. The van der Waals surface area contributed by atoms with Gasteiger partial charge in [-0.3, -0.25) is 24.1 Å². The Kier molecular flexibility index (Phi) is 7.06. The molecule has 2 amide bonds. The number of anilines is 1. The number of fused-ring (bicyclic) bond motifs is 2. The molecule has 0 saturated carbocycles. The van der Waals surface area contributed by atoms with Gasteiger partial charge in [0, 0.05) is 12.6 Å². The second kappa shape index (κ2) is 10.2. The van der Waals surface area contributed by atoms with E-state index < -0.39 is 35.6 Å². The Morgan fingerprint density at radius 1 is 1.18 bits per heavy atom. The molecule has 9 nitrogen and oxygen atoms in total. The summed E-state index contributed by atoms with van der Waals surface area (Å²) in [6.07, 6.45) is 1.06. The van der Waals surface area contributed by atoms with Crippen LogP contribution in [0.25, 0.3) is 0 Å². The summed E-state index contributed by atoms with van der Waals surface area (Å²) in [6.45, 7) is 1.00. The first-order valence-electron chi connectivity index (χ1n) is 10.8. The van der Waals surface area contributed by atoms with Crippen molar-refractivity contribution in [2.24, 2.45) is 0 Å². The number of benzene rings is 2. The van der Waals surface area contributed by atoms with Crippen molar-refractivity contribution in [2.75, 3.05) is 18.2 Å². The van der Waals surface area contributed by atoms with E-state index in [9.17, 15) is 24.3 Å². The van der Waals surface area contributed by atoms with Gasteiger partial charge in [-0.25, -0.2) is 0 Å². The van der Waals surface area contributed by atoms with Crippen LogP contribution in [0, 0.1) is 0 Å². The minimum atomic E-state index is -1.15. The maximum absolute atomic E-state index is 13.3. The molecule has 0 bridgehead atoms. The summed E-state index contributed by atoms with van der Waals surface area (Å²) in [4.78, 5) is 51.0. The molecule has 0 spiro atoms. The topological polar surface area (TPSA) is 122 Å². The molecule has 178 valence electrons. The molecule has 0 unspecified atom stereocenters. The van der Waals surface area contributed by atoms with Crippen molar-refractivity contribution < 1.29 is 33.8 Å². The zero-order valence-corrected chi connectivity index (χ0v) is 19.3. The number of carboxylic acid groups (broad SMARTS) is 1. The number of carbonyl (C=O) groups excluding carboxylic acids is 3. The Labute approximate surface area is 200 Å². The third-order valence-electron chi connectivity index (χ3n) is 5.62. The summed E-state index contributed by atoms with van der Waals surface area (Å²) >= 11 is 0.888. The summed E-state index contributed by atoms with van der Waals surface area (Å²) in [5.41, 5.74) is 2.15. The van der Waals surface area contributed by atoms with Crippen LogP contribution in [0.2, 0.25) is 0 Å². The normalized spacial score (nSPS) is 17.5. The number of aliphatic carboxylic acids is 1. The van der Waals surface area contributed by atoms with Crippen LogP contribution in [0.4, 0.5) is 5.69 Å². The molecule has 0 saturated heterocycles. The van der Waals surface area contributed by atoms with E-state index in [1.54, 1.807) is 30.3 Å². The van der Waals surface area contributed by atoms with Gasteiger partial charge < -0.3 is 19.9 Å². The van der Waals surface area contributed by atoms with Crippen molar-refractivity contribution in [2.45, 2.75) is 37.5 Å². The van der Waals surface area contributed by atoms with Crippen LogP contribution in [-0.2, 0) is 32.0 Å². The fourth-order valence-electron chi connectivity index (χ4n) is 4.08. The summed E-state index contributed by atoms with van der Waals surface area (Å²) < 4.78 is 10.7. The molecular weight excluding hydrogens is 460 g/mol. The van der Waals surface area contributed by atoms with Gasteiger partial charge >= 0.3 is 5.97 Å². The largest absolute Gasteiger partial charge is 0.480 e. The van der Waals surface area contributed by atoms with Crippen molar-refractivity contribution >= 4 is 40.3 Å². The number of aryl methyl sites for hydroxylation is 1. The second-order valence-electron chi connectivity index (χ2n) is 8.04. The van der Waals surface area contributed by atoms with Gasteiger partial charge in [-0.15, -0.1) is 0 Å². The first-order chi connectivity index (χ1) is 16.3. The van der Waals surface area contributed by atoms with Gasteiger partial charge in [0.2, 0.25) is 18.6 Å². The van der Waals surface area contributed by atoms with Crippen LogP contribution in [0.15, 0.2) is 42.5 Å². The summed E-state index contributed by atoms with van der Waals surface area (Å²) in [5, 5.41) is 11.1. The Hall–Kier alpha value is -3.53. The number of amides is 2. The third-order valence-corrected chi connectivity index (χ3v) is 6.61. The Morgan fingerprint density at radius 2 is 1.94 bits per heavy atom. The lowest BCUT2D eigenvalue weighted by molar-refractivity contribution is -0.137. The van der Waals surface area contributed by atoms with Gasteiger partial charge in [0.1, 0.15) is 12.6 Å². The van der Waals surface area contributed by atoms with E-state index in [1.165, 1.54) is 11.8 Å². The molecular formula is C24H24N2O7S. The molecule has 2 aromatic rings. The first kappa shape index (κ1) is 23.6. The number of ether oxygens (including phenoxy) is 2. The second-order valence-corrected chi connectivity index (χ2v) is 9.42. The highest BCUT2D eigenvalue weighted by molar-refractivity contribution is 8.14. The Bertz CT molecular complexity index is 1140. The highest BCUT2D eigenvalue weighted by atomic mass is 32.2. The summed E-state index contributed by atoms with van der Waals surface area (Å²) in [6, 6.07) is 11.5. The van der Waals surface area contributed by atoms with Crippen molar-refractivity contribution in [1.82, 2.24) is 5.32 Å². The molecule has 4 rings (SSSR count). The maximum Gasteiger partial charge on any atom is 0.323 e. The molecule has 2 N–H and O–H groups in total. The number of nitrogens with zero attached hydrogens (tertiary/aromatic N) is 1. The van der Waals surface area contributed by atoms with E-state index in [-0.39, 0.29) is 18.3 Å². The van der Waals surface area contributed by atoms with E-state index >= 15 is 0 Å². The summed E-state index contributed by atoms with van der Waals surface area (Å²) in [7, 11) is 0.